The number of carbonyl (C=O) groups is 1. The van der Waals surface area contributed by atoms with Crippen LogP contribution in [0.25, 0.3) is 16.8 Å². The van der Waals surface area contributed by atoms with E-state index in [9.17, 15) is 13.2 Å². The van der Waals surface area contributed by atoms with Gasteiger partial charge in [0.15, 0.2) is 0 Å². The van der Waals surface area contributed by atoms with Gasteiger partial charge in [-0.25, -0.2) is 8.42 Å². The van der Waals surface area contributed by atoms with Gasteiger partial charge >= 0.3 is 0 Å². The van der Waals surface area contributed by atoms with Crippen LogP contribution in [0.3, 0.4) is 0 Å². The summed E-state index contributed by atoms with van der Waals surface area (Å²) in [6, 6.07) is 20.4. The van der Waals surface area contributed by atoms with Crippen LogP contribution >= 0.6 is 0 Å². The van der Waals surface area contributed by atoms with Crippen molar-refractivity contribution in [3.05, 3.63) is 78.4 Å². The average Bonchev–Trinajstić information content (AvgIpc) is 2.60. The van der Waals surface area contributed by atoms with E-state index in [2.05, 4.69) is 10.0 Å². The topological polar surface area (TPSA) is 75.3 Å². The highest BCUT2D eigenvalue weighted by atomic mass is 32.2. The number of para-hydroxylation sites is 2. The maximum absolute atomic E-state index is 12.3. The first kappa shape index (κ1) is 17.7. The minimum atomic E-state index is -3.43. The fraction of sp³-hybridized carbons (Fsp3) is 0.0500. The monoisotopic (exact) mass is 366 g/mol. The van der Waals surface area contributed by atoms with Gasteiger partial charge in [0.2, 0.25) is 15.9 Å². The lowest BCUT2D eigenvalue weighted by molar-refractivity contribution is -0.111. The predicted octanol–water partition coefficient (Wildman–Crippen LogP) is 3.86. The van der Waals surface area contributed by atoms with Crippen LogP contribution in [0.5, 0.6) is 0 Å². The number of anilines is 2. The van der Waals surface area contributed by atoms with Crippen molar-refractivity contribution < 1.29 is 13.2 Å². The molecule has 26 heavy (non-hydrogen) atoms. The molecule has 0 atom stereocenters. The van der Waals surface area contributed by atoms with Gasteiger partial charge in [0.05, 0.1) is 17.6 Å². The number of sulfonamides is 1. The quantitative estimate of drug-likeness (QED) is 0.673. The zero-order valence-corrected chi connectivity index (χ0v) is 15.0. The molecular formula is C20H18N2O3S. The number of carbonyl (C=O) groups excluding carboxylic acids is 1. The Labute approximate surface area is 152 Å². The van der Waals surface area contributed by atoms with Crippen molar-refractivity contribution in [1.29, 1.82) is 0 Å². The van der Waals surface area contributed by atoms with Crippen LogP contribution in [0, 0.1) is 0 Å². The second kappa shape index (κ2) is 7.41. The van der Waals surface area contributed by atoms with Crippen molar-refractivity contribution in [2.24, 2.45) is 0 Å². The Morgan fingerprint density at radius 1 is 0.885 bits per heavy atom. The highest BCUT2D eigenvalue weighted by Gasteiger charge is 2.08. The van der Waals surface area contributed by atoms with Gasteiger partial charge in [-0.3, -0.25) is 9.52 Å². The number of benzene rings is 3. The number of hydrogen-bond acceptors (Lipinski definition) is 3. The third-order valence-corrected chi connectivity index (χ3v) is 4.31. The van der Waals surface area contributed by atoms with E-state index < -0.39 is 10.0 Å². The molecule has 5 nitrogen and oxygen atoms in total. The normalized spacial score (nSPS) is 11.6. The van der Waals surface area contributed by atoms with Crippen molar-refractivity contribution in [1.82, 2.24) is 0 Å². The molecule has 0 saturated carbocycles. The van der Waals surface area contributed by atoms with Crippen LogP contribution < -0.4 is 10.0 Å². The minimum absolute atomic E-state index is 0.321. The smallest absolute Gasteiger partial charge is 0.248 e. The molecule has 132 valence electrons. The van der Waals surface area contributed by atoms with Gasteiger partial charge in [0, 0.05) is 6.08 Å². The fourth-order valence-corrected chi connectivity index (χ4v) is 3.19. The molecule has 0 bridgehead atoms. The SMILES string of the molecule is CS(=O)(=O)Nc1ccccc1NC(=O)/C=C/c1cccc2ccccc12. The van der Waals surface area contributed by atoms with Crippen molar-refractivity contribution >= 4 is 44.2 Å². The highest BCUT2D eigenvalue weighted by molar-refractivity contribution is 7.92. The van der Waals surface area contributed by atoms with Gasteiger partial charge in [-0.15, -0.1) is 0 Å². The van der Waals surface area contributed by atoms with Gasteiger partial charge in [-0.2, -0.15) is 0 Å². The largest absolute Gasteiger partial charge is 0.321 e. The molecule has 6 heteroatoms. The summed E-state index contributed by atoms with van der Waals surface area (Å²) in [6.45, 7) is 0. The van der Waals surface area contributed by atoms with Crippen LogP contribution in [0.15, 0.2) is 72.8 Å². The molecule has 0 aliphatic carbocycles. The Hall–Kier alpha value is -3.12. The van der Waals surface area contributed by atoms with Crippen molar-refractivity contribution in [2.45, 2.75) is 0 Å². The molecule has 0 aliphatic heterocycles. The lowest BCUT2D eigenvalue weighted by Crippen LogP contribution is -2.14. The summed E-state index contributed by atoms with van der Waals surface area (Å²) in [6.07, 6.45) is 4.23. The van der Waals surface area contributed by atoms with Gasteiger partial charge in [0.1, 0.15) is 0 Å². The van der Waals surface area contributed by atoms with Gasteiger partial charge < -0.3 is 5.32 Å². The van der Waals surface area contributed by atoms with E-state index in [4.69, 9.17) is 0 Å². The maximum atomic E-state index is 12.3. The second-order valence-corrected chi connectivity index (χ2v) is 7.56. The Kier molecular flexibility index (Phi) is 5.04. The summed E-state index contributed by atoms with van der Waals surface area (Å²) < 4.78 is 25.3. The van der Waals surface area contributed by atoms with Crippen LogP contribution in [-0.2, 0) is 14.8 Å². The molecule has 0 unspecified atom stereocenters. The second-order valence-electron chi connectivity index (χ2n) is 5.81. The average molecular weight is 366 g/mol. The lowest BCUT2D eigenvalue weighted by atomic mass is 10.0. The number of amides is 1. The van der Waals surface area contributed by atoms with Gasteiger partial charge in [0.25, 0.3) is 0 Å². The minimum Gasteiger partial charge on any atom is -0.321 e. The first-order valence-electron chi connectivity index (χ1n) is 7.96. The van der Waals surface area contributed by atoms with E-state index in [1.165, 1.54) is 6.08 Å². The number of rotatable bonds is 5. The third-order valence-electron chi connectivity index (χ3n) is 3.72. The van der Waals surface area contributed by atoms with Crippen molar-refractivity contribution in [2.75, 3.05) is 16.3 Å². The summed E-state index contributed by atoms with van der Waals surface area (Å²) in [5.74, 6) is -0.347. The van der Waals surface area contributed by atoms with E-state index in [1.54, 1.807) is 30.3 Å². The molecule has 1 amide bonds. The Balaban J connectivity index is 1.80. The van der Waals surface area contributed by atoms with Gasteiger partial charge in [-0.1, -0.05) is 54.6 Å². The van der Waals surface area contributed by atoms with Gasteiger partial charge in [-0.05, 0) is 34.5 Å². The third kappa shape index (κ3) is 4.49. The zero-order valence-electron chi connectivity index (χ0n) is 14.1. The molecule has 0 aromatic heterocycles. The van der Waals surface area contributed by atoms with E-state index in [0.717, 1.165) is 22.6 Å². The van der Waals surface area contributed by atoms with E-state index in [1.807, 2.05) is 42.5 Å². The van der Waals surface area contributed by atoms with Crippen LogP contribution in [0.2, 0.25) is 0 Å². The molecule has 0 radical (unpaired) electrons. The fourth-order valence-electron chi connectivity index (χ4n) is 2.62. The number of nitrogens with one attached hydrogen (secondary N) is 2. The van der Waals surface area contributed by atoms with Crippen LogP contribution in [-0.4, -0.2) is 20.6 Å². The van der Waals surface area contributed by atoms with E-state index >= 15 is 0 Å². The summed E-state index contributed by atoms with van der Waals surface area (Å²) in [5, 5.41) is 4.85. The molecular weight excluding hydrogens is 348 g/mol. The number of fused-ring (bicyclic) bond motifs is 1. The first-order valence-corrected chi connectivity index (χ1v) is 9.85. The molecule has 0 spiro atoms. The first-order chi connectivity index (χ1) is 12.4. The molecule has 3 rings (SSSR count). The zero-order chi connectivity index (χ0) is 18.6. The Bertz CT molecular complexity index is 1080. The Morgan fingerprint density at radius 3 is 2.31 bits per heavy atom. The van der Waals surface area contributed by atoms with Crippen LogP contribution in [0.4, 0.5) is 11.4 Å². The molecule has 0 fully saturated rings. The van der Waals surface area contributed by atoms with Crippen molar-refractivity contribution in [3.8, 4) is 0 Å². The lowest BCUT2D eigenvalue weighted by Gasteiger charge is -2.10. The Morgan fingerprint density at radius 2 is 1.54 bits per heavy atom. The molecule has 3 aromatic carbocycles. The van der Waals surface area contributed by atoms with E-state index in [-0.39, 0.29) is 5.91 Å². The summed E-state index contributed by atoms with van der Waals surface area (Å²) in [4.78, 5) is 12.3. The maximum Gasteiger partial charge on any atom is 0.248 e. The molecule has 0 heterocycles. The molecule has 0 aliphatic rings. The van der Waals surface area contributed by atoms with Crippen LogP contribution in [0.1, 0.15) is 5.56 Å². The summed E-state index contributed by atoms with van der Waals surface area (Å²) in [7, 11) is -3.43. The molecule has 3 aromatic rings. The summed E-state index contributed by atoms with van der Waals surface area (Å²) in [5.41, 5.74) is 1.65. The standard InChI is InChI=1S/C20H18N2O3S/c1-26(24,25)22-19-12-5-4-11-18(19)21-20(23)14-13-16-9-6-8-15-7-2-3-10-17(15)16/h2-14,22H,1H3,(H,21,23)/b14-13+. The highest BCUT2D eigenvalue weighted by Crippen LogP contribution is 2.22. The van der Waals surface area contributed by atoms with E-state index in [0.29, 0.717) is 11.4 Å². The van der Waals surface area contributed by atoms with Crippen molar-refractivity contribution in [3.63, 3.8) is 0 Å². The molecule has 0 saturated heterocycles. The predicted molar refractivity (Wildman–Crippen MR) is 107 cm³/mol. The molecule has 2 N–H and O–H groups in total. The summed E-state index contributed by atoms with van der Waals surface area (Å²) >= 11 is 0. The number of hydrogen-bond donors (Lipinski definition) is 2.